The van der Waals surface area contributed by atoms with Crippen molar-refractivity contribution in [3.05, 3.63) is 11.9 Å². The summed E-state index contributed by atoms with van der Waals surface area (Å²) in [6.45, 7) is 11.4. The molecule has 102 valence electrons. The van der Waals surface area contributed by atoms with Crippen LogP contribution in [0, 0.1) is 0 Å². The van der Waals surface area contributed by atoms with Gasteiger partial charge >= 0.3 is 0 Å². The lowest BCUT2D eigenvalue weighted by atomic mass is 10.1. The molecule has 1 unspecified atom stereocenters. The van der Waals surface area contributed by atoms with E-state index in [0.29, 0.717) is 5.92 Å². The van der Waals surface area contributed by atoms with E-state index in [-0.39, 0.29) is 6.10 Å². The zero-order chi connectivity index (χ0) is 13.5. The van der Waals surface area contributed by atoms with Crippen LogP contribution in [-0.2, 0) is 0 Å². The summed E-state index contributed by atoms with van der Waals surface area (Å²) in [5.41, 5.74) is 1.07. The first kappa shape index (κ1) is 14.7. The third-order valence-corrected chi connectivity index (χ3v) is 2.78. The van der Waals surface area contributed by atoms with Crippen molar-refractivity contribution < 1.29 is 4.74 Å². The van der Waals surface area contributed by atoms with Crippen LogP contribution < -0.4 is 10.1 Å². The molecule has 1 rings (SSSR count). The van der Waals surface area contributed by atoms with Gasteiger partial charge in [-0.25, -0.2) is 9.97 Å². The molecule has 18 heavy (non-hydrogen) atoms. The SMILES string of the molecule is CCCC(C)Oc1ncnc(NCC)c1C(C)C. The Morgan fingerprint density at radius 1 is 1.22 bits per heavy atom. The van der Waals surface area contributed by atoms with Crippen LogP contribution in [0.5, 0.6) is 5.88 Å². The Morgan fingerprint density at radius 3 is 2.50 bits per heavy atom. The molecule has 0 saturated carbocycles. The first-order valence-electron chi connectivity index (χ1n) is 6.85. The first-order chi connectivity index (χ1) is 8.60. The standard InChI is InChI=1S/C14H25N3O/c1-6-8-11(5)18-14-12(10(3)4)13(15-7-2)16-9-17-14/h9-11H,6-8H2,1-5H3,(H,15,16,17). The molecule has 4 heteroatoms. The molecule has 0 saturated heterocycles. The Bertz CT molecular complexity index is 366. The van der Waals surface area contributed by atoms with Gasteiger partial charge in [-0.05, 0) is 26.2 Å². The summed E-state index contributed by atoms with van der Waals surface area (Å²) < 4.78 is 5.94. The van der Waals surface area contributed by atoms with E-state index in [1.165, 1.54) is 0 Å². The zero-order valence-electron chi connectivity index (χ0n) is 12.2. The molecule has 0 aromatic carbocycles. The molecule has 4 nitrogen and oxygen atoms in total. The van der Waals surface area contributed by atoms with E-state index >= 15 is 0 Å². The maximum atomic E-state index is 5.94. The lowest BCUT2D eigenvalue weighted by Gasteiger charge is -2.19. The predicted octanol–water partition coefficient (Wildman–Crippen LogP) is 3.60. The van der Waals surface area contributed by atoms with Crippen molar-refractivity contribution in [3.63, 3.8) is 0 Å². The molecule has 1 atom stereocenters. The van der Waals surface area contributed by atoms with Gasteiger partial charge in [0.25, 0.3) is 0 Å². The summed E-state index contributed by atoms with van der Waals surface area (Å²) in [5, 5.41) is 3.27. The Labute approximate surface area is 110 Å². The fraction of sp³-hybridized carbons (Fsp3) is 0.714. The van der Waals surface area contributed by atoms with E-state index in [2.05, 4.69) is 49.9 Å². The van der Waals surface area contributed by atoms with Crippen molar-refractivity contribution in [2.75, 3.05) is 11.9 Å². The van der Waals surface area contributed by atoms with Gasteiger partial charge in [0.15, 0.2) is 0 Å². The van der Waals surface area contributed by atoms with Crippen molar-refractivity contribution >= 4 is 5.82 Å². The Kier molecular flexibility index (Phi) is 5.89. The lowest BCUT2D eigenvalue weighted by Crippen LogP contribution is -2.15. The molecule has 0 amide bonds. The second kappa shape index (κ2) is 7.19. The number of nitrogens with one attached hydrogen (secondary N) is 1. The molecular formula is C14H25N3O. The Morgan fingerprint density at radius 2 is 1.94 bits per heavy atom. The summed E-state index contributed by atoms with van der Waals surface area (Å²) in [7, 11) is 0. The zero-order valence-corrected chi connectivity index (χ0v) is 12.2. The fourth-order valence-corrected chi connectivity index (χ4v) is 1.96. The van der Waals surface area contributed by atoms with Gasteiger partial charge < -0.3 is 10.1 Å². The maximum Gasteiger partial charge on any atom is 0.222 e. The van der Waals surface area contributed by atoms with Crippen LogP contribution in [0.2, 0.25) is 0 Å². The van der Waals surface area contributed by atoms with Crippen molar-refractivity contribution in [1.29, 1.82) is 0 Å². The van der Waals surface area contributed by atoms with E-state index in [0.717, 1.165) is 36.6 Å². The van der Waals surface area contributed by atoms with Gasteiger partial charge in [0.05, 0.1) is 11.7 Å². The lowest BCUT2D eigenvalue weighted by molar-refractivity contribution is 0.198. The van der Waals surface area contributed by atoms with Crippen molar-refractivity contribution in [2.45, 2.75) is 59.5 Å². The van der Waals surface area contributed by atoms with Crippen molar-refractivity contribution in [2.24, 2.45) is 0 Å². The topological polar surface area (TPSA) is 47.0 Å². The van der Waals surface area contributed by atoms with Crippen LogP contribution >= 0.6 is 0 Å². The molecular weight excluding hydrogens is 226 g/mol. The minimum Gasteiger partial charge on any atom is -0.474 e. The number of ether oxygens (including phenoxy) is 1. The molecule has 0 aliphatic carbocycles. The van der Waals surface area contributed by atoms with Crippen molar-refractivity contribution in [1.82, 2.24) is 9.97 Å². The Balaban J connectivity index is 2.98. The molecule has 0 spiro atoms. The molecule has 1 aromatic heterocycles. The van der Waals surface area contributed by atoms with Gasteiger partial charge in [0, 0.05) is 6.54 Å². The van der Waals surface area contributed by atoms with Gasteiger partial charge in [-0.3, -0.25) is 0 Å². The van der Waals surface area contributed by atoms with E-state index in [4.69, 9.17) is 4.74 Å². The molecule has 0 fully saturated rings. The van der Waals surface area contributed by atoms with Gasteiger partial charge in [0.1, 0.15) is 12.1 Å². The number of hydrogen-bond acceptors (Lipinski definition) is 4. The highest BCUT2D eigenvalue weighted by atomic mass is 16.5. The number of aromatic nitrogens is 2. The molecule has 1 aromatic rings. The molecule has 0 radical (unpaired) electrons. The van der Waals surface area contributed by atoms with E-state index in [1.54, 1.807) is 6.33 Å². The summed E-state index contributed by atoms with van der Waals surface area (Å²) in [4.78, 5) is 8.59. The largest absolute Gasteiger partial charge is 0.474 e. The van der Waals surface area contributed by atoms with Crippen LogP contribution in [0.4, 0.5) is 5.82 Å². The van der Waals surface area contributed by atoms with Crippen LogP contribution in [0.15, 0.2) is 6.33 Å². The average molecular weight is 251 g/mol. The normalized spacial score (nSPS) is 12.6. The van der Waals surface area contributed by atoms with Crippen LogP contribution in [0.3, 0.4) is 0 Å². The third kappa shape index (κ3) is 3.86. The van der Waals surface area contributed by atoms with Crippen molar-refractivity contribution in [3.8, 4) is 5.88 Å². The van der Waals surface area contributed by atoms with Crippen LogP contribution in [-0.4, -0.2) is 22.6 Å². The number of nitrogens with zero attached hydrogens (tertiary/aromatic N) is 2. The molecule has 1 N–H and O–H groups in total. The van der Waals surface area contributed by atoms with E-state index in [1.807, 2.05) is 0 Å². The van der Waals surface area contributed by atoms with Gasteiger partial charge in [0.2, 0.25) is 5.88 Å². The van der Waals surface area contributed by atoms with Gasteiger partial charge in [-0.15, -0.1) is 0 Å². The number of rotatable bonds is 7. The highest BCUT2D eigenvalue weighted by Crippen LogP contribution is 2.30. The smallest absolute Gasteiger partial charge is 0.222 e. The van der Waals surface area contributed by atoms with Crippen LogP contribution in [0.25, 0.3) is 0 Å². The quantitative estimate of drug-likeness (QED) is 0.804. The number of anilines is 1. The van der Waals surface area contributed by atoms with E-state index in [9.17, 15) is 0 Å². The van der Waals surface area contributed by atoms with Crippen LogP contribution in [0.1, 0.15) is 58.9 Å². The summed E-state index contributed by atoms with van der Waals surface area (Å²) >= 11 is 0. The number of hydrogen-bond donors (Lipinski definition) is 1. The third-order valence-electron chi connectivity index (χ3n) is 2.78. The first-order valence-corrected chi connectivity index (χ1v) is 6.85. The molecule has 1 heterocycles. The molecule has 0 bridgehead atoms. The monoisotopic (exact) mass is 251 g/mol. The summed E-state index contributed by atoms with van der Waals surface area (Å²) in [5.74, 6) is 1.95. The maximum absolute atomic E-state index is 5.94. The Hall–Kier alpha value is -1.32. The minimum absolute atomic E-state index is 0.192. The molecule has 0 aliphatic heterocycles. The molecule has 0 aliphatic rings. The minimum atomic E-state index is 0.192. The van der Waals surface area contributed by atoms with Gasteiger partial charge in [-0.1, -0.05) is 27.2 Å². The second-order valence-electron chi connectivity index (χ2n) is 4.84. The average Bonchev–Trinajstić information content (AvgIpc) is 2.29. The summed E-state index contributed by atoms with van der Waals surface area (Å²) in [6.07, 6.45) is 3.91. The highest BCUT2D eigenvalue weighted by Gasteiger charge is 2.17. The highest BCUT2D eigenvalue weighted by molar-refractivity contribution is 5.50. The van der Waals surface area contributed by atoms with E-state index < -0.39 is 0 Å². The van der Waals surface area contributed by atoms with Gasteiger partial charge in [-0.2, -0.15) is 0 Å². The predicted molar refractivity (Wildman–Crippen MR) is 75.3 cm³/mol. The fourth-order valence-electron chi connectivity index (χ4n) is 1.96. The second-order valence-corrected chi connectivity index (χ2v) is 4.84. The summed E-state index contributed by atoms with van der Waals surface area (Å²) in [6, 6.07) is 0.